The molecule has 1 aromatic carbocycles. The average molecular weight is 300 g/mol. The average Bonchev–Trinajstić information content (AvgIpc) is 2.24. The van der Waals surface area contributed by atoms with E-state index in [9.17, 15) is 0 Å². The zero-order valence-corrected chi connectivity index (χ0v) is 12.7. The summed E-state index contributed by atoms with van der Waals surface area (Å²) < 4.78 is 6.92. The van der Waals surface area contributed by atoms with Crippen LogP contribution in [-0.2, 0) is 11.3 Å². The van der Waals surface area contributed by atoms with Gasteiger partial charge in [-0.25, -0.2) is 0 Å². The molecule has 1 rings (SSSR count). The third-order valence-electron chi connectivity index (χ3n) is 2.40. The minimum absolute atomic E-state index is 0.144. The molecule has 0 aromatic heterocycles. The van der Waals surface area contributed by atoms with Crippen LogP contribution in [0.5, 0.6) is 0 Å². The van der Waals surface area contributed by atoms with Crippen molar-refractivity contribution in [3.05, 3.63) is 34.3 Å². The molecule has 96 valence electrons. The van der Waals surface area contributed by atoms with E-state index in [-0.39, 0.29) is 11.6 Å². The Morgan fingerprint density at radius 1 is 1.29 bits per heavy atom. The fraction of sp³-hybridized carbons (Fsp3) is 0.571. The van der Waals surface area contributed by atoms with Crippen LogP contribution in [-0.4, -0.2) is 18.2 Å². The molecule has 17 heavy (non-hydrogen) atoms. The first kappa shape index (κ1) is 14.7. The van der Waals surface area contributed by atoms with Crippen molar-refractivity contribution in [2.45, 2.75) is 45.9 Å². The van der Waals surface area contributed by atoms with Crippen molar-refractivity contribution in [2.75, 3.05) is 6.54 Å². The standard InChI is InChI=1S/C14H22BrNO/c1-11(9-16-14(2,3)4)17-10-12-7-5-6-8-13(12)15/h5-8,11,16H,9-10H2,1-4H3. The second kappa shape index (κ2) is 6.53. The second-order valence-electron chi connectivity index (χ2n) is 5.34. The van der Waals surface area contributed by atoms with Crippen molar-refractivity contribution >= 4 is 15.9 Å². The van der Waals surface area contributed by atoms with Crippen LogP contribution in [0.1, 0.15) is 33.3 Å². The van der Waals surface area contributed by atoms with Crippen molar-refractivity contribution in [3.8, 4) is 0 Å². The van der Waals surface area contributed by atoms with Gasteiger partial charge in [0.15, 0.2) is 0 Å². The molecule has 0 heterocycles. The summed E-state index contributed by atoms with van der Waals surface area (Å²) in [6, 6.07) is 8.16. The predicted molar refractivity (Wildman–Crippen MR) is 76.1 cm³/mol. The molecule has 0 aliphatic carbocycles. The molecular formula is C14H22BrNO. The van der Waals surface area contributed by atoms with Gasteiger partial charge >= 0.3 is 0 Å². The van der Waals surface area contributed by atoms with Crippen molar-refractivity contribution in [1.82, 2.24) is 5.32 Å². The smallest absolute Gasteiger partial charge is 0.0732 e. The first-order valence-corrected chi connectivity index (χ1v) is 6.78. The molecule has 0 aliphatic heterocycles. The molecule has 0 amide bonds. The summed E-state index contributed by atoms with van der Waals surface area (Å²) in [7, 11) is 0. The largest absolute Gasteiger partial charge is 0.372 e. The van der Waals surface area contributed by atoms with E-state index in [0.29, 0.717) is 6.61 Å². The number of ether oxygens (including phenoxy) is 1. The summed E-state index contributed by atoms with van der Waals surface area (Å²) >= 11 is 3.52. The first-order valence-electron chi connectivity index (χ1n) is 5.98. The third kappa shape index (κ3) is 6.20. The van der Waals surface area contributed by atoms with Crippen LogP contribution in [0.2, 0.25) is 0 Å². The summed E-state index contributed by atoms with van der Waals surface area (Å²) in [5, 5.41) is 3.44. The van der Waals surface area contributed by atoms with E-state index >= 15 is 0 Å². The summed E-state index contributed by atoms with van der Waals surface area (Å²) in [6.45, 7) is 10.1. The van der Waals surface area contributed by atoms with Gasteiger partial charge in [0, 0.05) is 16.6 Å². The second-order valence-corrected chi connectivity index (χ2v) is 6.20. The van der Waals surface area contributed by atoms with Crippen LogP contribution in [0.15, 0.2) is 28.7 Å². The number of rotatable bonds is 5. The van der Waals surface area contributed by atoms with Crippen LogP contribution in [0, 0.1) is 0 Å². The molecule has 1 N–H and O–H groups in total. The van der Waals surface area contributed by atoms with Gasteiger partial charge in [0.25, 0.3) is 0 Å². The maximum absolute atomic E-state index is 5.81. The zero-order valence-electron chi connectivity index (χ0n) is 11.1. The van der Waals surface area contributed by atoms with E-state index in [1.54, 1.807) is 0 Å². The molecule has 0 bridgehead atoms. The molecule has 1 aromatic rings. The van der Waals surface area contributed by atoms with Gasteiger partial charge in [-0.3, -0.25) is 0 Å². The Labute approximate surface area is 113 Å². The minimum atomic E-state index is 0.144. The topological polar surface area (TPSA) is 21.3 Å². The first-order chi connectivity index (χ1) is 7.88. The lowest BCUT2D eigenvalue weighted by Crippen LogP contribution is -2.40. The van der Waals surface area contributed by atoms with E-state index in [2.05, 4.69) is 55.0 Å². The van der Waals surface area contributed by atoms with Crippen molar-refractivity contribution in [3.63, 3.8) is 0 Å². The monoisotopic (exact) mass is 299 g/mol. The van der Waals surface area contributed by atoms with Crippen molar-refractivity contribution < 1.29 is 4.74 Å². The Bertz CT molecular complexity index is 346. The van der Waals surface area contributed by atoms with Crippen LogP contribution in [0.4, 0.5) is 0 Å². The number of hydrogen-bond acceptors (Lipinski definition) is 2. The number of nitrogens with one attached hydrogen (secondary N) is 1. The lowest BCUT2D eigenvalue weighted by molar-refractivity contribution is 0.0489. The molecule has 1 unspecified atom stereocenters. The quantitative estimate of drug-likeness (QED) is 0.894. The summed E-state index contributed by atoms with van der Waals surface area (Å²) in [6.07, 6.45) is 0.210. The van der Waals surface area contributed by atoms with Gasteiger partial charge in [0.1, 0.15) is 0 Å². The van der Waals surface area contributed by atoms with E-state index in [1.165, 1.54) is 5.56 Å². The Balaban J connectivity index is 2.34. The highest BCUT2D eigenvalue weighted by molar-refractivity contribution is 9.10. The molecule has 0 radical (unpaired) electrons. The molecule has 2 nitrogen and oxygen atoms in total. The highest BCUT2D eigenvalue weighted by Gasteiger charge is 2.11. The highest BCUT2D eigenvalue weighted by atomic mass is 79.9. The Morgan fingerprint density at radius 3 is 2.53 bits per heavy atom. The molecular weight excluding hydrogens is 278 g/mol. The molecule has 3 heteroatoms. The molecule has 0 fully saturated rings. The van der Waals surface area contributed by atoms with Gasteiger partial charge in [-0.2, -0.15) is 0 Å². The number of benzene rings is 1. The maximum Gasteiger partial charge on any atom is 0.0732 e. The van der Waals surface area contributed by atoms with Crippen LogP contribution in [0.25, 0.3) is 0 Å². The van der Waals surface area contributed by atoms with Gasteiger partial charge in [0.05, 0.1) is 12.7 Å². The van der Waals surface area contributed by atoms with E-state index < -0.39 is 0 Å². The number of hydrogen-bond donors (Lipinski definition) is 1. The van der Waals surface area contributed by atoms with Crippen molar-refractivity contribution in [1.29, 1.82) is 0 Å². The maximum atomic E-state index is 5.81. The van der Waals surface area contributed by atoms with Gasteiger partial charge in [-0.1, -0.05) is 34.1 Å². The minimum Gasteiger partial charge on any atom is -0.372 e. The molecule has 0 saturated carbocycles. The molecule has 1 atom stereocenters. The molecule has 0 spiro atoms. The van der Waals surface area contributed by atoms with Gasteiger partial charge in [0.2, 0.25) is 0 Å². The van der Waals surface area contributed by atoms with Gasteiger partial charge in [-0.15, -0.1) is 0 Å². The summed E-state index contributed by atoms with van der Waals surface area (Å²) in [5.74, 6) is 0. The number of halogens is 1. The molecule has 0 saturated heterocycles. The fourth-order valence-corrected chi connectivity index (χ4v) is 1.76. The van der Waals surface area contributed by atoms with Crippen LogP contribution in [0.3, 0.4) is 0 Å². The Hall–Kier alpha value is -0.380. The lowest BCUT2D eigenvalue weighted by Gasteiger charge is -2.23. The Kier molecular flexibility index (Phi) is 5.63. The van der Waals surface area contributed by atoms with Gasteiger partial charge < -0.3 is 10.1 Å². The molecule has 0 aliphatic rings. The van der Waals surface area contributed by atoms with E-state index in [4.69, 9.17) is 4.74 Å². The van der Waals surface area contributed by atoms with Crippen LogP contribution < -0.4 is 5.32 Å². The summed E-state index contributed by atoms with van der Waals surface area (Å²) in [4.78, 5) is 0. The Morgan fingerprint density at radius 2 is 1.94 bits per heavy atom. The van der Waals surface area contributed by atoms with E-state index in [1.807, 2.05) is 18.2 Å². The van der Waals surface area contributed by atoms with Crippen LogP contribution >= 0.6 is 15.9 Å². The summed E-state index contributed by atoms with van der Waals surface area (Å²) in [5.41, 5.74) is 1.33. The highest BCUT2D eigenvalue weighted by Crippen LogP contribution is 2.17. The zero-order chi connectivity index (χ0) is 12.9. The third-order valence-corrected chi connectivity index (χ3v) is 3.17. The normalized spacial score (nSPS) is 13.7. The van der Waals surface area contributed by atoms with E-state index in [0.717, 1.165) is 11.0 Å². The van der Waals surface area contributed by atoms with Gasteiger partial charge in [-0.05, 0) is 39.3 Å². The SMILES string of the molecule is CC(CNC(C)(C)C)OCc1ccccc1Br. The van der Waals surface area contributed by atoms with Crippen molar-refractivity contribution in [2.24, 2.45) is 0 Å². The lowest BCUT2D eigenvalue weighted by atomic mass is 10.1. The predicted octanol–water partition coefficient (Wildman–Crippen LogP) is 3.74. The fourth-order valence-electron chi connectivity index (χ4n) is 1.36.